The van der Waals surface area contributed by atoms with Crippen LogP contribution in [0.1, 0.15) is 36.5 Å². The number of ether oxygens (including phenoxy) is 2. The van der Waals surface area contributed by atoms with Gasteiger partial charge in [0.15, 0.2) is 11.5 Å². The second kappa shape index (κ2) is 10.3. The van der Waals surface area contributed by atoms with Crippen LogP contribution in [0.2, 0.25) is 0 Å². The fraction of sp³-hybridized carbons (Fsp3) is 0.276. The van der Waals surface area contributed by atoms with Gasteiger partial charge in [0, 0.05) is 18.9 Å². The first-order valence-corrected chi connectivity index (χ1v) is 12.1. The Hall–Kier alpha value is -3.64. The predicted molar refractivity (Wildman–Crippen MR) is 134 cm³/mol. The summed E-state index contributed by atoms with van der Waals surface area (Å²) in [4.78, 5) is 6.72. The Balaban J connectivity index is 1.71. The first kappa shape index (κ1) is 23.1. The van der Waals surface area contributed by atoms with Crippen molar-refractivity contribution in [2.24, 2.45) is 0 Å². The Kier molecular flexibility index (Phi) is 6.82. The molecule has 3 aromatic carbocycles. The minimum absolute atomic E-state index is 0.232. The van der Waals surface area contributed by atoms with Crippen molar-refractivity contribution in [1.29, 1.82) is 0 Å². The Labute approximate surface area is 205 Å². The lowest BCUT2D eigenvalue weighted by Gasteiger charge is -2.45. The van der Waals surface area contributed by atoms with E-state index in [1.807, 2.05) is 30.7 Å². The lowest BCUT2D eigenvalue weighted by molar-refractivity contribution is 0.0811. The number of unbranched alkanes of at least 4 members (excludes halogenated alkanes) is 1. The summed E-state index contributed by atoms with van der Waals surface area (Å²) < 4.78 is 28.1. The van der Waals surface area contributed by atoms with E-state index >= 15 is 0 Å². The molecule has 1 unspecified atom stereocenters. The Morgan fingerprint density at radius 3 is 2.57 bits per heavy atom. The molecule has 0 radical (unpaired) electrons. The maximum atomic E-state index is 14.8. The summed E-state index contributed by atoms with van der Waals surface area (Å²) in [6, 6.07) is 23.5. The standard InChI is InChI=1S/C29H30FN3O2/c1-2-3-15-33(21-32-16-14-31-20-32)29(24-8-5-4-6-9-24,25-10-7-11-26(30)18-25)19-23-12-13-27-28(17-23)35-22-34-27/h4-14,16-18,20H,2-3,15,19,21-22H2,1H3. The molecule has 1 aromatic heterocycles. The van der Waals surface area contributed by atoms with Crippen LogP contribution >= 0.6 is 0 Å². The minimum Gasteiger partial charge on any atom is -0.454 e. The molecular weight excluding hydrogens is 441 g/mol. The SMILES string of the molecule is CCCCN(Cn1ccnc1)C(Cc1ccc2c(c1)OCO2)(c1ccccc1)c1cccc(F)c1. The van der Waals surface area contributed by atoms with Crippen molar-refractivity contribution in [2.75, 3.05) is 13.3 Å². The van der Waals surface area contributed by atoms with Crippen LogP contribution in [0.15, 0.2) is 91.5 Å². The molecule has 0 bridgehead atoms. The molecule has 0 saturated carbocycles. The lowest BCUT2D eigenvalue weighted by Crippen LogP contribution is -2.50. The van der Waals surface area contributed by atoms with Crippen LogP contribution in [-0.4, -0.2) is 27.8 Å². The number of fused-ring (bicyclic) bond motifs is 1. The van der Waals surface area contributed by atoms with E-state index in [1.165, 1.54) is 6.07 Å². The molecule has 5 rings (SSSR count). The van der Waals surface area contributed by atoms with Gasteiger partial charge in [-0.2, -0.15) is 0 Å². The van der Waals surface area contributed by atoms with Crippen molar-refractivity contribution in [3.8, 4) is 11.5 Å². The van der Waals surface area contributed by atoms with Crippen LogP contribution in [0, 0.1) is 5.82 Å². The molecule has 1 aliphatic heterocycles. The van der Waals surface area contributed by atoms with Gasteiger partial charge < -0.3 is 14.0 Å². The average molecular weight is 472 g/mol. The van der Waals surface area contributed by atoms with Gasteiger partial charge in [0.05, 0.1) is 18.5 Å². The van der Waals surface area contributed by atoms with Gasteiger partial charge in [-0.1, -0.05) is 61.9 Å². The molecule has 0 spiro atoms. The smallest absolute Gasteiger partial charge is 0.231 e. The predicted octanol–water partition coefficient (Wildman–Crippen LogP) is 6.00. The second-order valence-corrected chi connectivity index (χ2v) is 8.94. The summed E-state index contributed by atoms with van der Waals surface area (Å²) in [6.45, 7) is 3.88. The highest BCUT2D eigenvalue weighted by Crippen LogP contribution is 2.42. The Bertz CT molecular complexity index is 1250. The molecule has 4 aromatic rings. The first-order valence-electron chi connectivity index (χ1n) is 12.1. The van der Waals surface area contributed by atoms with Gasteiger partial charge >= 0.3 is 0 Å². The molecule has 5 nitrogen and oxygen atoms in total. The summed E-state index contributed by atoms with van der Waals surface area (Å²) in [6.07, 6.45) is 8.30. The molecule has 1 atom stereocenters. The number of imidazole rings is 1. The van der Waals surface area contributed by atoms with Crippen LogP contribution in [0.3, 0.4) is 0 Å². The van der Waals surface area contributed by atoms with E-state index in [-0.39, 0.29) is 12.6 Å². The lowest BCUT2D eigenvalue weighted by atomic mass is 9.76. The van der Waals surface area contributed by atoms with Crippen molar-refractivity contribution < 1.29 is 13.9 Å². The van der Waals surface area contributed by atoms with Gasteiger partial charge in [0.1, 0.15) is 5.82 Å². The molecule has 1 aliphatic rings. The van der Waals surface area contributed by atoms with Crippen LogP contribution < -0.4 is 9.47 Å². The summed E-state index contributed by atoms with van der Waals surface area (Å²) in [7, 11) is 0. The maximum absolute atomic E-state index is 14.8. The number of halogens is 1. The summed E-state index contributed by atoms with van der Waals surface area (Å²) >= 11 is 0. The largest absolute Gasteiger partial charge is 0.454 e. The third-order valence-electron chi connectivity index (χ3n) is 6.67. The molecule has 0 N–H and O–H groups in total. The van der Waals surface area contributed by atoms with Gasteiger partial charge in [0.2, 0.25) is 6.79 Å². The maximum Gasteiger partial charge on any atom is 0.231 e. The Morgan fingerprint density at radius 1 is 0.971 bits per heavy atom. The van der Waals surface area contributed by atoms with Crippen molar-refractivity contribution in [3.63, 3.8) is 0 Å². The Morgan fingerprint density at radius 2 is 1.80 bits per heavy atom. The van der Waals surface area contributed by atoms with E-state index in [1.54, 1.807) is 18.3 Å². The molecule has 0 saturated heterocycles. The molecule has 0 amide bonds. The molecule has 2 heterocycles. The van der Waals surface area contributed by atoms with E-state index < -0.39 is 5.54 Å². The van der Waals surface area contributed by atoms with Gasteiger partial charge in [-0.3, -0.25) is 4.90 Å². The zero-order valence-corrected chi connectivity index (χ0v) is 19.9. The van der Waals surface area contributed by atoms with E-state index in [0.717, 1.165) is 47.6 Å². The molecular formula is C29H30FN3O2. The summed E-state index contributed by atoms with van der Waals surface area (Å²) in [5, 5.41) is 0. The number of aromatic nitrogens is 2. The number of rotatable bonds is 10. The fourth-order valence-electron chi connectivity index (χ4n) is 4.95. The molecule has 180 valence electrons. The average Bonchev–Trinajstić information content (AvgIpc) is 3.57. The highest BCUT2D eigenvalue weighted by atomic mass is 19.1. The normalized spacial score (nSPS) is 14.3. The highest BCUT2D eigenvalue weighted by Gasteiger charge is 2.41. The molecule has 6 heteroatoms. The third kappa shape index (κ3) is 4.80. The zero-order valence-electron chi connectivity index (χ0n) is 19.9. The number of nitrogens with zero attached hydrogens (tertiary/aromatic N) is 3. The first-order chi connectivity index (χ1) is 17.2. The van der Waals surface area contributed by atoms with Crippen LogP contribution in [0.25, 0.3) is 0 Å². The van der Waals surface area contributed by atoms with Crippen molar-refractivity contribution in [1.82, 2.24) is 14.5 Å². The van der Waals surface area contributed by atoms with Gasteiger partial charge in [-0.05, 0) is 53.8 Å². The van der Waals surface area contributed by atoms with Gasteiger partial charge in [-0.15, -0.1) is 0 Å². The summed E-state index contributed by atoms with van der Waals surface area (Å²) in [5.74, 6) is 1.26. The topological polar surface area (TPSA) is 39.5 Å². The summed E-state index contributed by atoms with van der Waals surface area (Å²) in [5.41, 5.74) is 2.49. The molecule has 0 aliphatic carbocycles. The van der Waals surface area contributed by atoms with E-state index in [2.05, 4.69) is 57.8 Å². The second-order valence-electron chi connectivity index (χ2n) is 8.94. The van der Waals surface area contributed by atoms with E-state index in [4.69, 9.17) is 9.47 Å². The van der Waals surface area contributed by atoms with Crippen molar-refractivity contribution in [2.45, 2.75) is 38.4 Å². The minimum atomic E-state index is -0.628. The highest BCUT2D eigenvalue weighted by molar-refractivity contribution is 5.47. The van der Waals surface area contributed by atoms with E-state index in [0.29, 0.717) is 13.1 Å². The number of hydrogen-bond donors (Lipinski definition) is 0. The van der Waals surface area contributed by atoms with Crippen LogP contribution in [0.4, 0.5) is 4.39 Å². The molecule has 0 fully saturated rings. The van der Waals surface area contributed by atoms with Crippen molar-refractivity contribution in [3.05, 3.63) is 114 Å². The zero-order chi connectivity index (χ0) is 24.1. The van der Waals surface area contributed by atoms with E-state index in [9.17, 15) is 4.39 Å². The third-order valence-corrected chi connectivity index (χ3v) is 6.67. The van der Waals surface area contributed by atoms with Crippen molar-refractivity contribution >= 4 is 0 Å². The van der Waals surface area contributed by atoms with Gasteiger partial charge in [-0.25, -0.2) is 9.37 Å². The number of benzene rings is 3. The fourth-order valence-corrected chi connectivity index (χ4v) is 4.95. The van der Waals surface area contributed by atoms with Crippen LogP contribution in [0.5, 0.6) is 11.5 Å². The van der Waals surface area contributed by atoms with Crippen LogP contribution in [-0.2, 0) is 18.6 Å². The number of hydrogen-bond acceptors (Lipinski definition) is 4. The van der Waals surface area contributed by atoms with Gasteiger partial charge in [0.25, 0.3) is 0 Å². The quantitative estimate of drug-likeness (QED) is 0.285. The monoisotopic (exact) mass is 471 g/mol. The molecule has 35 heavy (non-hydrogen) atoms.